The van der Waals surface area contributed by atoms with Gasteiger partial charge < -0.3 is 10.5 Å². The number of aryl methyl sites for hydroxylation is 1. The largest absolute Gasteiger partial charge is 0.494 e. The topological polar surface area (TPSA) is 35.2 Å². The lowest BCUT2D eigenvalue weighted by Crippen LogP contribution is -2.36. The third kappa shape index (κ3) is 2.40. The van der Waals surface area contributed by atoms with Crippen molar-refractivity contribution in [3.05, 3.63) is 64.7 Å². The van der Waals surface area contributed by atoms with E-state index in [4.69, 9.17) is 10.5 Å². The van der Waals surface area contributed by atoms with E-state index in [9.17, 15) is 8.78 Å². The molecule has 21 heavy (non-hydrogen) atoms. The van der Waals surface area contributed by atoms with Crippen LogP contribution in [0.2, 0.25) is 0 Å². The highest BCUT2D eigenvalue weighted by atomic mass is 19.1. The number of rotatable bonds is 3. The van der Waals surface area contributed by atoms with Gasteiger partial charge >= 0.3 is 0 Å². The van der Waals surface area contributed by atoms with Gasteiger partial charge in [0.05, 0.1) is 7.11 Å². The number of hydrogen-bond donors (Lipinski definition) is 1. The lowest BCUT2D eigenvalue weighted by atomic mass is 9.86. The molecule has 0 saturated heterocycles. The Hall–Kier alpha value is -1.94. The number of ether oxygens (including phenoxy) is 1. The monoisotopic (exact) mass is 289 g/mol. The Morgan fingerprint density at radius 2 is 2.05 bits per heavy atom. The fourth-order valence-electron chi connectivity index (χ4n) is 3.12. The number of benzene rings is 2. The molecule has 2 aromatic rings. The van der Waals surface area contributed by atoms with Crippen molar-refractivity contribution in [1.29, 1.82) is 0 Å². The van der Waals surface area contributed by atoms with Crippen LogP contribution in [-0.2, 0) is 18.4 Å². The molecule has 0 bridgehead atoms. The van der Waals surface area contributed by atoms with Crippen molar-refractivity contribution >= 4 is 0 Å². The van der Waals surface area contributed by atoms with E-state index in [1.165, 1.54) is 19.2 Å². The number of methoxy groups -OCH3 is 1. The average molecular weight is 289 g/mol. The fraction of sp³-hybridized carbons (Fsp3) is 0.294. The van der Waals surface area contributed by atoms with Gasteiger partial charge in [-0.1, -0.05) is 18.2 Å². The van der Waals surface area contributed by atoms with Crippen molar-refractivity contribution in [3.8, 4) is 5.75 Å². The highest BCUT2D eigenvalue weighted by molar-refractivity contribution is 5.41. The minimum atomic E-state index is -0.657. The van der Waals surface area contributed by atoms with E-state index in [0.29, 0.717) is 18.4 Å². The lowest BCUT2D eigenvalue weighted by Gasteiger charge is -2.26. The highest BCUT2D eigenvalue weighted by Gasteiger charge is 2.36. The van der Waals surface area contributed by atoms with E-state index in [-0.39, 0.29) is 17.4 Å². The first kappa shape index (κ1) is 14.0. The average Bonchev–Trinajstić information content (AvgIpc) is 2.78. The molecule has 0 heterocycles. The van der Waals surface area contributed by atoms with Crippen molar-refractivity contribution in [1.82, 2.24) is 0 Å². The van der Waals surface area contributed by atoms with E-state index in [0.717, 1.165) is 17.5 Å². The van der Waals surface area contributed by atoms with E-state index < -0.39 is 5.54 Å². The van der Waals surface area contributed by atoms with Crippen LogP contribution in [0, 0.1) is 11.6 Å². The summed E-state index contributed by atoms with van der Waals surface area (Å²) in [5.41, 5.74) is 8.17. The van der Waals surface area contributed by atoms with E-state index >= 15 is 0 Å². The predicted molar refractivity (Wildman–Crippen MR) is 77.2 cm³/mol. The van der Waals surface area contributed by atoms with Crippen molar-refractivity contribution in [2.45, 2.75) is 24.8 Å². The molecule has 1 atom stereocenters. The van der Waals surface area contributed by atoms with Crippen LogP contribution in [0.1, 0.15) is 23.1 Å². The van der Waals surface area contributed by atoms with Crippen LogP contribution in [0.3, 0.4) is 0 Å². The summed E-state index contributed by atoms with van der Waals surface area (Å²) >= 11 is 0. The van der Waals surface area contributed by atoms with Crippen LogP contribution in [0.15, 0.2) is 36.4 Å². The van der Waals surface area contributed by atoms with Gasteiger partial charge in [0.1, 0.15) is 5.82 Å². The first-order valence-electron chi connectivity index (χ1n) is 6.93. The minimum Gasteiger partial charge on any atom is -0.494 e. The molecule has 1 aliphatic carbocycles. The van der Waals surface area contributed by atoms with Crippen LogP contribution in [0.5, 0.6) is 5.75 Å². The number of halogens is 2. The number of nitrogens with two attached hydrogens (primary N) is 1. The maximum absolute atomic E-state index is 14.3. The van der Waals surface area contributed by atoms with Crippen molar-refractivity contribution in [2.75, 3.05) is 7.11 Å². The maximum atomic E-state index is 14.3. The SMILES string of the molecule is COc1cccc(CC2(N)CCc3cc(F)ccc32)c1F. The molecule has 2 N–H and O–H groups in total. The molecule has 0 fully saturated rings. The summed E-state index contributed by atoms with van der Waals surface area (Å²) in [6, 6.07) is 9.70. The Labute approximate surface area is 122 Å². The molecular formula is C17H17F2NO. The molecule has 3 rings (SSSR count). The molecule has 0 radical (unpaired) electrons. The molecule has 0 amide bonds. The Morgan fingerprint density at radius 1 is 1.24 bits per heavy atom. The summed E-state index contributed by atoms with van der Waals surface area (Å²) in [4.78, 5) is 0. The Balaban J connectivity index is 1.96. The summed E-state index contributed by atoms with van der Waals surface area (Å²) in [5, 5.41) is 0. The van der Waals surface area contributed by atoms with Gasteiger partial charge in [-0.05, 0) is 54.2 Å². The molecular weight excluding hydrogens is 272 g/mol. The predicted octanol–water partition coefficient (Wildman–Crippen LogP) is 3.32. The smallest absolute Gasteiger partial charge is 0.168 e. The normalized spacial score (nSPS) is 20.4. The van der Waals surface area contributed by atoms with Crippen LogP contribution in [-0.4, -0.2) is 7.11 Å². The molecule has 1 unspecified atom stereocenters. The summed E-state index contributed by atoms with van der Waals surface area (Å²) in [7, 11) is 1.44. The molecule has 2 nitrogen and oxygen atoms in total. The number of hydrogen-bond acceptors (Lipinski definition) is 2. The Morgan fingerprint density at radius 3 is 2.81 bits per heavy atom. The summed E-state index contributed by atoms with van der Waals surface area (Å²) in [6.45, 7) is 0. The fourth-order valence-corrected chi connectivity index (χ4v) is 3.12. The van der Waals surface area contributed by atoms with Gasteiger partial charge in [0, 0.05) is 5.54 Å². The van der Waals surface area contributed by atoms with Gasteiger partial charge in [-0.15, -0.1) is 0 Å². The molecule has 110 valence electrons. The highest BCUT2D eigenvalue weighted by Crippen LogP contribution is 2.38. The maximum Gasteiger partial charge on any atom is 0.168 e. The molecule has 0 aromatic heterocycles. The number of fused-ring (bicyclic) bond motifs is 1. The summed E-state index contributed by atoms with van der Waals surface area (Å²) < 4.78 is 32.6. The van der Waals surface area contributed by atoms with Crippen LogP contribution in [0.4, 0.5) is 8.78 Å². The van der Waals surface area contributed by atoms with Crippen LogP contribution >= 0.6 is 0 Å². The van der Waals surface area contributed by atoms with Crippen LogP contribution < -0.4 is 10.5 Å². The van der Waals surface area contributed by atoms with Gasteiger partial charge in [-0.25, -0.2) is 8.78 Å². The summed E-state index contributed by atoms with van der Waals surface area (Å²) in [5.74, 6) is -0.417. The van der Waals surface area contributed by atoms with E-state index in [1.54, 1.807) is 24.3 Å². The Kier molecular flexibility index (Phi) is 3.41. The third-order valence-corrected chi connectivity index (χ3v) is 4.21. The minimum absolute atomic E-state index is 0.216. The lowest BCUT2D eigenvalue weighted by molar-refractivity contribution is 0.376. The van der Waals surface area contributed by atoms with E-state index in [2.05, 4.69) is 0 Å². The van der Waals surface area contributed by atoms with Gasteiger partial charge in [0.25, 0.3) is 0 Å². The zero-order valence-electron chi connectivity index (χ0n) is 11.8. The van der Waals surface area contributed by atoms with Crippen LogP contribution in [0.25, 0.3) is 0 Å². The molecule has 1 aliphatic rings. The molecule has 2 aromatic carbocycles. The molecule has 4 heteroatoms. The van der Waals surface area contributed by atoms with Crippen molar-refractivity contribution in [2.24, 2.45) is 5.73 Å². The first-order valence-corrected chi connectivity index (χ1v) is 6.93. The quantitative estimate of drug-likeness (QED) is 0.940. The van der Waals surface area contributed by atoms with Crippen molar-refractivity contribution in [3.63, 3.8) is 0 Å². The standard InChI is InChI=1S/C17H17F2NO/c1-21-15-4-2-3-12(16(15)19)10-17(20)8-7-11-9-13(18)5-6-14(11)17/h2-6,9H,7-8,10,20H2,1H3. The second kappa shape index (κ2) is 5.11. The third-order valence-electron chi connectivity index (χ3n) is 4.21. The first-order chi connectivity index (χ1) is 10.0. The zero-order chi connectivity index (χ0) is 15.0. The van der Waals surface area contributed by atoms with Gasteiger partial charge in [0.15, 0.2) is 11.6 Å². The molecule has 0 spiro atoms. The van der Waals surface area contributed by atoms with Crippen molar-refractivity contribution < 1.29 is 13.5 Å². The van der Waals surface area contributed by atoms with Gasteiger partial charge in [-0.2, -0.15) is 0 Å². The molecule has 0 saturated carbocycles. The van der Waals surface area contributed by atoms with Gasteiger partial charge in [-0.3, -0.25) is 0 Å². The van der Waals surface area contributed by atoms with Gasteiger partial charge in [0.2, 0.25) is 0 Å². The zero-order valence-corrected chi connectivity index (χ0v) is 11.8. The molecule has 0 aliphatic heterocycles. The second-order valence-electron chi connectivity index (χ2n) is 5.57. The summed E-state index contributed by atoms with van der Waals surface area (Å²) in [6.07, 6.45) is 1.77. The second-order valence-corrected chi connectivity index (χ2v) is 5.57. The van der Waals surface area contributed by atoms with E-state index in [1.807, 2.05) is 0 Å². The Bertz CT molecular complexity index is 686.